The molecule has 0 aromatic heterocycles. The minimum absolute atomic E-state index is 0.000329. The predicted molar refractivity (Wildman–Crippen MR) is 79.1 cm³/mol. The first-order valence-electron chi connectivity index (χ1n) is 6.88. The fraction of sp³-hybridized carbons (Fsp3) is 0.600. The number of methoxy groups -OCH3 is 1. The van der Waals surface area contributed by atoms with Gasteiger partial charge in [0.2, 0.25) is 0 Å². The lowest BCUT2D eigenvalue weighted by Crippen LogP contribution is -2.48. The molecule has 0 aliphatic carbocycles. The Labute approximate surface area is 125 Å². The predicted octanol–water partition coefficient (Wildman–Crippen LogP) is 2.11. The summed E-state index contributed by atoms with van der Waals surface area (Å²) in [4.78, 5) is 2.23. The van der Waals surface area contributed by atoms with E-state index in [1.807, 2.05) is 24.3 Å². The Hall–Kier alpha value is -0.650. The average molecular weight is 300 g/mol. The number of aliphatic hydroxyl groups is 1. The van der Waals surface area contributed by atoms with Gasteiger partial charge in [0, 0.05) is 31.3 Å². The van der Waals surface area contributed by atoms with Gasteiger partial charge in [-0.1, -0.05) is 23.7 Å². The molecule has 0 saturated carbocycles. The maximum atomic E-state index is 9.89. The molecule has 0 bridgehead atoms. The molecular weight excluding hydrogens is 278 g/mol. The molecule has 1 N–H and O–H groups in total. The van der Waals surface area contributed by atoms with E-state index < -0.39 is 6.10 Å². The molecule has 1 aromatic carbocycles. The second-order valence-corrected chi connectivity index (χ2v) is 5.73. The smallest absolute Gasteiger partial charge is 0.0953 e. The van der Waals surface area contributed by atoms with Gasteiger partial charge in [0.15, 0.2) is 0 Å². The van der Waals surface area contributed by atoms with Gasteiger partial charge in [0.05, 0.1) is 25.4 Å². The Morgan fingerprint density at radius 2 is 2.35 bits per heavy atom. The monoisotopic (exact) mass is 299 g/mol. The zero-order valence-corrected chi connectivity index (χ0v) is 12.7. The highest BCUT2D eigenvalue weighted by molar-refractivity contribution is 6.30. The van der Waals surface area contributed by atoms with Gasteiger partial charge in [-0.2, -0.15) is 0 Å². The van der Waals surface area contributed by atoms with Crippen molar-refractivity contribution in [3.05, 3.63) is 34.9 Å². The van der Waals surface area contributed by atoms with Crippen molar-refractivity contribution < 1.29 is 14.6 Å². The van der Waals surface area contributed by atoms with E-state index in [0.29, 0.717) is 19.8 Å². The molecule has 1 aliphatic heterocycles. The molecule has 0 spiro atoms. The number of morpholine rings is 1. The number of benzene rings is 1. The Bertz CT molecular complexity index is 429. The van der Waals surface area contributed by atoms with E-state index in [1.165, 1.54) is 0 Å². The van der Waals surface area contributed by atoms with Gasteiger partial charge < -0.3 is 14.6 Å². The quantitative estimate of drug-likeness (QED) is 0.904. The van der Waals surface area contributed by atoms with Crippen LogP contribution in [-0.2, 0) is 9.47 Å². The zero-order chi connectivity index (χ0) is 14.5. The van der Waals surface area contributed by atoms with Crippen molar-refractivity contribution in [1.29, 1.82) is 0 Å². The summed E-state index contributed by atoms with van der Waals surface area (Å²) >= 11 is 6.03. The summed E-state index contributed by atoms with van der Waals surface area (Å²) in [5, 5.41) is 10.6. The van der Waals surface area contributed by atoms with Crippen LogP contribution in [0.1, 0.15) is 18.6 Å². The largest absolute Gasteiger partial charge is 0.389 e. The number of hydrogen-bond donors (Lipinski definition) is 1. The molecule has 2 rings (SSSR count). The number of β-amino-alcohol motifs (C(OH)–C–C–N with tert-alkyl or cyclic N) is 1. The SMILES string of the molecule is COC[C@@H](O)CN1C[C@@H](c2cccc(Cl)c2)OC[C@H]1C. The molecule has 1 aliphatic rings. The van der Waals surface area contributed by atoms with Gasteiger partial charge in [-0.25, -0.2) is 0 Å². The molecule has 112 valence electrons. The number of aliphatic hydroxyl groups excluding tert-OH is 1. The van der Waals surface area contributed by atoms with Crippen LogP contribution in [0.15, 0.2) is 24.3 Å². The van der Waals surface area contributed by atoms with Crippen LogP contribution in [0.25, 0.3) is 0 Å². The third-order valence-electron chi connectivity index (χ3n) is 3.59. The molecule has 1 saturated heterocycles. The molecule has 0 amide bonds. The van der Waals surface area contributed by atoms with E-state index in [9.17, 15) is 5.11 Å². The summed E-state index contributed by atoms with van der Waals surface area (Å²) < 4.78 is 10.9. The van der Waals surface area contributed by atoms with Crippen molar-refractivity contribution in [2.75, 3.05) is 33.4 Å². The van der Waals surface area contributed by atoms with Gasteiger partial charge in [-0.05, 0) is 24.6 Å². The topological polar surface area (TPSA) is 41.9 Å². The number of hydrogen-bond acceptors (Lipinski definition) is 4. The normalized spacial score (nSPS) is 25.6. The van der Waals surface area contributed by atoms with Gasteiger partial charge in [-0.15, -0.1) is 0 Å². The molecule has 20 heavy (non-hydrogen) atoms. The highest BCUT2D eigenvalue weighted by atomic mass is 35.5. The van der Waals surface area contributed by atoms with Crippen molar-refractivity contribution >= 4 is 11.6 Å². The van der Waals surface area contributed by atoms with Gasteiger partial charge >= 0.3 is 0 Å². The maximum absolute atomic E-state index is 9.89. The Morgan fingerprint density at radius 1 is 1.55 bits per heavy atom. The van der Waals surface area contributed by atoms with E-state index in [4.69, 9.17) is 21.1 Å². The molecule has 0 unspecified atom stereocenters. The van der Waals surface area contributed by atoms with E-state index in [1.54, 1.807) is 7.11 Å². The van der Waals surface area contributed by atoms with Crippen molar-refractivity contribution in [3.63, 3.8) is 0 Å². The molecule has 0 radical (unpaired) electrons. The van der Waals surface area contributed by atoms with Crippen LogP contribution in [0.5, 0.6) is 0 Å². The highest BCUT2D eigenvalue weighted by Gasteiger charge is 2.28. The fourth-order valence-corrected chi connectivity index (χ4v) is 2.68. The standard InChI is InChI=1S/C15H22ClNO3/c1-11-9-20-15(12-4-3-5-13(16)6-12)8-17(11)7-14(18)10-19-2/h3-6,11,14-15,18H,7-10H2,1-2H3/t11-,14+,15+/m1/s1. The third kappa shape index (κ3) is 4.17. The second-order valence-electron chi connectivity index (χ2n) is 5.29. The van der Waals surface area contributed by atoms with Crippen LogP contribution in [0.3, 0.4) is 0 Å². The lowest BCUT2D eigenvalue weighted by atomic mass is 10.1. The lowest BCUT2D eigenvalue weighted by Gasteiger charge is -2.39. The van der Waals surface area contributed by atoms with Gasteiger partial charge in [0.25, 0.3) is 0 Å². The zero-order valence-electron chi connectivity index (χ0n) is 12.0. The fourth-order valence-electron chi connectivity index (χ4n) is 2.49. The minimum Gasteiger partial charge on any atom is -0.389 e. The van der Waals surface area contributed by atoms with Crippen LogP contribution in [0.2, 0.25) is 5.02 Å². The molecule has 1 aromatic rings. The molecule has 1 fully saturated rings. The first-order chi connectivity index (χ1) is 9.60. The van der Waals surface area contributed by atoms with Crippen LogP contribution < -0.4 is 0 Å². The summed E-state index contributed by atoms with van der Waals surface area (Å²) in [6, 6.07) is 8.04. The summed E-state index contributed by atoms with van der Waals surface area (Å²) in [7, 11) is 1.60. The van der Waals surface area contributed by atoms with E-state index in [0.717, 1.165) is 17.1 Å². The van der Waals surface area contributed by atoms with Crippen LogP contribution in [-0.4, -0.2) is 55.6 Å². The molecule has 4 nitrogen and oxygen atoms in total. The number of halogens is 1. The summed E-state index contributed by atoms with van der Waals surface area (Å²) in [5.74, 6) is 0. The van der Waals surface area contributed by atoms with Crippen molar-refractivity contribution in [2.24, 2.45) is 0 Å². The van der Waals surface area contributed by atoms with E-state index in [2.05, 4.69) is 11.8 Å². The lowest BCUT2D eigenvalue weighted by molar-refractivity contribution is -0.0767. The molecular formula is C15H22ClNO3. The Morgan fingerprint density at radius 3 is 3.05 bits per heavy atom. The third-order valence-corrected chi connectivity index (χ3v) is 3.82. The second kappa shape index (κ2) is 7.38. The minimum atomic E-state index is -0.472. The summed E-state index contributed by atoms with van der Waals surface area (Å²) in [6.45, 7) is 4.45. The summed E-state index contributed by atoms with van der Waals surface area (Å²) in [5.41, 5.74) is 1.08. The first kappa shape index (κ1) is 15.7. The van der Waals surface area contributed by atoms with Gasteiger partial charge in [0.1, 0.15) is 0 Å². The van der Waals surface area contributed by atoms with Crippen molar-refractivity contribution in [3.8, 4) is 0 Å². The molecule has 5 heteroatoms. The van der Waals surface area contributed by atoms with E-state index in [-0.39, 0.29) is 12.1 Å². The summed E-state index contributed by atoms with van der Waals surface area (Å²) in [6.07, 6.45) is -0.472. The Balaban J connectivity index is 2.00. The molecule has 1 heterocycles. The van der Waals surface area contributed by atoms with E-state index >= 15 is 0 Å². The Kier molecular flexibility index (Phi) is 5.81. The highest BCUT2D eigenvalue weighted by Crippen LogP contribution is 2.26. The van der Waals surface area contributed by atoms with Crippen molar-refractivity contribution in [1.82, 2.24) is 4.90 Å². The first-order valence-corrected chi connectivity index (χ1v) is 7.26. The van der Waals surface area contributed by atoms with Crippen LogP contribution in [0, 0.1) is 0 Å². The van der Waals surface area contributed by atoms with Gasteiger partial charge in [-0.3, -0.25) is 4.90 Å². The van der Waals surface area contributed by atoms with Crippen LogP contribution in [0.4, 0.5) is 0 Å². The number of rotatable bonds is 5. The maximum Gasteiger partial charge on any atom is 0.0953 e. The molecule has 3 atom stereocenters. The van der Waals surface area contributed by atoms with Crippen molar-refractivity contribution in [2.45, 2.75) is 25.2 Å². The number of nitrogens with zero attached hydrogens (tertiary/aromatic N) is 1. The number of ether oxygens (including phenoxy) is 2. The van der Waals surface area contributed by atoms with Crippen LogP contribution >= 0.6 is 11.6 Å². The average Bonchev–Trinajstić information content (AvgIpc) is 2.41.